The maximum Gasteiger partial charge on any atom is 0.257 e. The van der Waals surface area contributed by atoms with Crippen molar-refractivity contribution in [1.82, 2.24) is 9.71 Å². The second-order valence-electron chi connectivity index (χ2n) is 6.03. The predicted octanol–water partition coefficient (Wildman–Crippen LogP) is 3.74. The van der Waals surface area contributed by atoms with Crippen molar-refractivity contribution >= 4 is 32.4 Å². The number of aryl methyl sites for hydroxylation is 1. The molecule has 140 valence electrons. The summed E-state index contributed by atoms with van der Waals surface area (Å²) in [5.41, 5.74) is 1.91. The molecule has 6 nitrogen and oxygen atoms in total. The van der Waals surface area contributed by atoms with Crippen LogP contribution in [0.4, 0.5) is 5.13 Å². The van der Waals surface area contributed by atoms with Crippen LogP contribution in [0.2, 0.25) is 0 Å². The molecule has 2 N–H and O–H groups in total. The van der Waals surface area contributed by atoms with E-state index >= 15 is 0 Å². The summed E-state index contributed by atoms with van der Waals surface area (Å²) >= 11 is 1.31. The summed E-state index contributed by atoms with van der Waals surface area (Å²) in [5, 5.41) is 4.98. The SMILES string of the molecule is Cc1csc(NC(=O)c2cccc(S(=O)(=O)NC(C)c3ccccc3)c2)n1. The molecule has 0 aliphatic heterocycles. The Morgan fingerprint density at radius 2 is 1.85 bits per heavy atom. The summed E-state index contributed by atoms with van der Waals surface area (Å²) in [5.74, 6) is -0.405. The van der Waals surface area contributed by atoms with E-state index < -0.39 is 22.0 Å². The third-order valence-corrected chi connectivity index (χ3v) is 6.29. The molecule has 3 rings (SSSR count). The van der Waals surface area contributed by atoms with Gasteiger partial charge in [-0.25, -0.2) is 18.1 Å². The molecule has 0 aliphatic rings. The van der Waals surface area contributed by atoms with Crippen LogP contribution in [0.3, 0.4) is 0 Å². The molecule has 1 amide bonds. The number of carbonyl (C=O) groups excluding carboxylic acids is 1. The molecule has 0 bridgehead atoms. The molecule has 0 radical (unpaired) electrons. The number of hydrogen-bond donors (Lipinski definition) is 2. The van der Waals surface area contributed by atoms with Crippen LogP contribution in [0.5, 0.6) is 0 Å². The fourth-order valence-electron chi connectivity index (χ4n) is 2.50. The van der Waals surface area contributed by atoms with Gasteiger partial charge < -0.3 is 0 Å². The van der Waals surface area contributed by atoms with Gasteiger partial charge in [-0.2, -0.15) is 0 Å². The number of benzene rings is 2. The highest BCUT2D eigenvalue weighted by atomic mass is 32.2. The molecule has 0 aliphatic carbocycles. The molecule has 0 fully saturated rings. The maximum atomic E-state index is 12.7. The molecule has 0 spiro atoms. The molecule has 27 heavy (non-hydrogen) atoms. The lowest BCUT2D eigenvalue weighted by molar-refractivity contribution is 0.102. The zero-order valence-corrected chi connectivity index (χ0v) is 16.5. The summed E-state index contributed by atoms with van der Waals surface area (Å²) < 4.78 is 28.0. The van der Waals surface area contributed by atoms with Gasteiger partial charge in [0.2, 0.25) is 10.0 Å². The second kappa shape index (κ2) is 7.99. The van der Waals surface area contributed by atoms with E-state index in [1.54, 1.807) is 19.1 Å². The molecule has 8 heteroatoms. The third kappa shape index (κ3) is 4.79. The van der Waals surface area contributed by atoms with Gasteiger partial charge in [0.05, 0.1) is 10.6 Å². The largest absolute Gasteiger partial charge is 0.298 e. The first kappa shape index (κ1) is 19.2. The minimum atomic E-state index is -3.78. The number of rotatable bonds is 6. The normalized spacial score (nSPS) is 12.5. The number of hydrogen-bond acceptors (Lipinski definition) is 5. The third-order valence-electron chi connectivity index (χ3n) is 3.88. The van der Waals surface area contributed by atoms with E-state index in [1.807, 2.05) is 42.6 Å². The van der Waals surface area contributed by atoms with E-state index in [0.29, 0.717) is 5.13 Å². The highest BCUT2D eigenvalue weighted by Crippen LogP contribution is 2.19. The quantitative estimate of drug-likeness (QED) is 0.658. The van der Waals surface area contributed by atoms with Crippen LogP contribution in [-0.2, 0) is 10.0 Å². The highest BCUT2D eigenvalue weighted by Gasteiger charge is 2.20. The molecule has 1 heterocycles. The number of carbonyl (C=O) groups is 1. The van der Waals surface area contributed by atoms with Crippen LogP contribution in [-0.4, -0.2) is 19.3 Å². The van der Waals surface area contributed by atoms with Crippen molar-refractivity contribution in [2.45, 2.75) is 24.8 Å². The zero-order valence-electron chi connectivity index (χ0n) is 14.8. The van der Waals surface area contributed by atoms with Crippen LogP contribution < -0.4 is 10.0 Å². The fraction of sp³-hybridized carbons (Fsp3) is 0.158. The maximum absolute atomic E-state index is 12.7. The topological polar surface area (TPSA) is 88.2 Å². The first-order valence-electron chi connectivity index (χ1n) is 8.26. The van der Waals surface area contributed by atoms with E-state index in [-0.39, 0.29) is 10.5 Å². The molecular weight excluding hydrogens is 382 g/mol. The van der Waals surface area contributed by atoms with Crippen LogP contribution >= 0.6 is 11.3 Å². The Balaban J connectivity index is 1.78. The summed E-state index contributed by atoms with van der Waals surface area (Å²) in [6.07, 6.45) is 0. The first-order valence-corrected chi connectivity index (χ1v) is 10.6. The van der Waals surface area contributed by atoms with Crippen molar-refractivity contribution in [2.24, 2.45) is 0 Å². The lowest BCUT2D eigenvalue weighted by atomic mass is 10.1. The smallest absolute Gasteiger partial charge is 0.257 e. The van der Waals surface area contributed by atoms with Crippen LogP contribution in [0.15, 0.2) is 64.9 Å². The molecule has 1 unspecified atom stereocenters. The molecule has 0 saturated carbocycles. The number of thiazole rings is 1. The molecule has 1 atom stereocenters. The van der Waals surface area contributed by atoms with Gasteiger partial charge in [0.25, 0.3) is 5.91 Å². The van der Waals surface area contributed by atoms with E-state index in [2.05, 4.69) is 15.0 Å². The van der Waals surface area contributed by atoms with Gasteiger partial charge in [-0.1, -0.05) is 36.4 Å². The zero-order chi connectivity index (χ0) is 19.4. The standard InChI is InChI=1S/C19H19N3O3S2/c1-13-12-26-19(20-13)21-18(23)16-9-6-10-17(11-16)27(24,25)22-14(2)15-7-4-3-5-8-15/h3-12,14,22H,1-2H3,(H,20,21,23). The first-order chi connectivity index (χ1) is 12.8. The van der Waals surface area contributed by atoms with E-state index in [0.717, 1.165) is 11.3 Å². The highest BCUT2D eigenvalue weighted by molar-refractivity contribution is 7.89. The van der Waals surface area contributed by atoms with Crippen LogP contribution in [0.1, 0.15) is 34.6 Å². The van der Waals surface area contributed by atoms with Crippen molar-refractivity contribution in [3.05, 3.63) is 76.8 Å². The number of aromatic nitrogens is 1. The number of anilines is 1. The lowest BCUT2D eigenvalue weighted by Crippen LogP contribution is -2.27. The van der Waals surface area contributed by atoms with Crippen molar-refractivity contribution in [2.75, 3.05) is 5.32 Å². The van der Waals surface area contributed by atoms with Crippen molar-refractivity contribution in [3.63, 3.8) is 0 Å². The Morgan fingerprint density at radius 3 is 2.52 bits per heavy atom. The minimum Gasteiger partial charge on any atom is -0.298 e. The van der Waals surface area contributed by atoms with Gasteiger partial charge in [-0.05, 0) is 37.6 Å². The van der Waals surface area contributed by atoms with E-state index in [1.165, 1.54) is 23.5 Å². The molecule has 3 aromatic rings. The number of nitrogens with one attached hydrogen (secondary N) is 2. The van der Waals surface area contributed by atoms with Crippen LogP contribution in [0, 0.1) is 6.92 Å². The summed E-state index contributed by atoms with van der Waals surface area (Å²) in [7, 11) is -3.78. The molecular formula is C19H19N3O3S2. The Labute approximate surface area is 162 Å². The average Bonchev–Trinajstić information content (AvgIpc) is 3.07. The minimum absolute atomic E-state index is 0.0354. The molecule has 1 aromatic heterocycles. The molecule has 0 saturated heterocycles. The van der Waals surface area contributed by atoms with Crippen molar-refractivity contribution < 1.29 is 13.2 Å². The van der Waals surface area contributed by atoms with Crippen molar-refractivity contribution in [1.29, 1.82) is 0 Å². The summed E-state index contributed by atoms with van der Waals surface area (Å²) in [6.45, 7) is 3.60. The van der Waals surface area contributed by atoms with E-state index in [9.17, 15) is 13.2 Å². The van der Waals surface area contributed by atoms with Crippen molar-refractivity contribution in [3.8, 4) is 0 Å². The number of nitrogens with zero attached hydrogens (tertiary/aromatic N) is 1. The molecule has 2 aromatic carbocycles. The average molecular weight is 402 g/mol. The van der Waals surface area contributed by atoms with Gasteiger partial charge in [-0.15, -0.1) is 11.3 Å². The van der Waals surface area contributed by atoms with Gasteiger partial charge in [-0.3, -0.25) is 10.1 Å². The Kier molecular flexibility index (Phi) is 5.69. The Hall–Kier alpha value is -2.55. The van der Waals surface area contributed by atoms with Gasteiger partial charge in [0.1, 0.15) is 0 Å². The van der Waals surface area contributed by atoms with Gasteiger partial charge in [0.15, 0.2) is 5.13 Å². The lowest BCUT2D eigenvalue weighted by Gasteiger charge is -2.15. The van der Waals surface area contributed by atoms with Gasteiger partial charge >= 0.3 is 0 Å². The fourth-order valence-corrected chi connectivity index (χ4v) is 4.46. The number of amides is 1. The Morgan fingerprint density at radius 1 is 1.11 bits per heavy atom. The monoisotopic (exact) mass is 401 g/mol. The number of sulfonamides is 1. The second-order valence-corrected chi connectivity index (χ2v) is 8.60. The van der Waals surface area contributed by atoms with Crippen LogP contribution in [0.25, 0.3) is 0 Å². The predicted molar refractivity (Wildman–Crippen MR) is 106 cm³/mol. The summed E-state index contributed by atoms with van der Waals surface area (Å²) in [6, 6.07) is 14.8. The summed E-state index contributed by atoms with van der Waals surface area (Å²) in [4.78, 5) is 16.6. The Bertz CT molecular complexity index is 1050. The van der Waals surface area contributed by atoms with Gasteiger partial charge in [0, 0.05) is 17.0 Å². The van der Waals surface area contributed by atoms with E-state index in [4.69, 9.17) is 0 Å².